The van der Waals surface area contributed by atoms with Crippen LogP contribution in [0.2, 0.25) is 0 Å². The molecule has 2 amide bonds. The molecule has 1 aromatic carbocycles. The van der Waals surface area contributed by atoms with Crippen LogP contribution in [0.1, 0.15) is 20.3 Å². The molecular weight excluding hydrogens is 316 g/mol. The highest BCUT2D eigenvalue weighted by molar-refractivity contribution is 5.90. The number of aryl methyl sites for hydroxylation is 1. The third-order valence-electron chi connectivity index (χ3n) is 5.59. The van der Waals surface area contributed by atoms with Crippen molar-refractivity contribution in [2.45, 2.75) is 32.4 Å². The minimum atomic E-state index is -0.166. The number of hydrogen-bond acceptors (Lipinski definition) is 3. The molecule has 0 spiro atoms. The Bertz CT molecular complexity index is 798. The molecule has 0 bridgehead atoms. The Hall–Kier alpha value is -2.34. The van der Waals surface area contributed by atoms with Crippen molar-refractivity contribution in [3.8, 4) is 11.4 Å². The zero-order chi connectivity index (χ0) is 17.6. The number of urea groups is 1. The number of carbonyl (C=O) groups excluding carboxylic acids is 1. The first-order valence-electron chi connectivity index (χ1n) is 8.73. The smallest absolute Gasteiger partial charge is 0.319 e. The highest BCUT2D eigenvalue weighted by atomic mass is 16.5. The van der Waals surface area contributed by atoms with Gasteiger partial charge in [-0.15, -0.1) is 0 Å². The zero-order valence-corrected chi connectivity index (χ0v) is 14.8. The van der Waals surface area contributed by atoms with Gasteiger partial charge in [0.25, 0.3) is 0 Å². The van der Waals surface area contributed by atoms with Gasteiger partial charge in [0.15, 0.2) is 0 Å². The highest BCUT2D eigenvalue weighted by Gasteiger charge is 2.59. The first-order valence-corrected chi connectivity index (χ1v) is 8.73. The Kier molecular flexibility index (Phi) is 3.80. The van der Waals surface area contributed by atoms with Crippen molar-refractivity contribution in [1.82, 2.24) is 14.9 Å². The first kappa shape index (κ1) is 16.1. The Balaban J connectivity index is 1.44. The summed E-state index contributed by atoms with van der Waals surface area (Å²) in [5.41, 5.74) is 1.71. The van der Waals surface area contributed by atoms with E-state index in [1.165, 1.54) is 0 Å². The van der Waals surface area contributed by atoms with Gasteiger partial charge in [0, 0.05) is 54.7 Å². The minimum absolute atomic E-state index is 0.0205. The van der Waals surface area contributed by atoms with Crippen molar-refractivity contribution in [3.63, 3.8) is 0 Å². The monoisotopic (exact) mass is 340 g/mol. The Labute approximate surface area is 147 Å². The first-order chi connectivity index (χ1) is 12.0. The summed E-state index contributed by atoms with van der Waals surface area (Å²) in [6.07, 6.45) is 4.96. The maximum Gasteiger partial charge on any atom is 0.319 e. The number of nitrogens with zero attached hydrogens (tertiary/aromatic N) is 2. The molecule has 2 aromatic rings. The third kappa shape index (κ3) is 2.70. The van der Waals surface area contributed by atoms with Gasteiger partial charge < -0.3 is 19.9 Å². The van der Waals surface area contributed by atoms with E-state index in [-0.39, 0.29) is 23.6 Å². The summed E-state index contributed by atoms with van der Waals surface area (Å²) in [5.74, 6) is 1.30. The Morgan fingerprint density at radius 2 is 2.24 bits per heavy atom. The molecule has 0 unspecified atom stereocenters. The van der Waals surface area contributed by atoms with Crippen LogP contribution < -0.4 is 10.6 Å². The molecule has 0 radical (unpaired) electrons. The summed E-state index contributed by atoms with van der Waals surface area (Å²) in [6, 6.07) is 7.72. The van der Waals surface area contributed by atoms with Gasteiger partial charge in [-0.1, -0.05) is 26.0 Å². The average Bonchev–Trinajstić information content (AvgIpc) is 3.20. The number of imidazole rings is 1. The van der Waals surface area contributed by atoms with E-state index < -0.39 is 0 Å². The van der Waals surface area contributed by atoms with Gasteiger partial charge in [0.1, 0.15) is 5.82 Å². The van der Waals surface area contributed by atoms with Crippen LogP contribution in [0.3, 0.4) is 0 Å². The predicted octanol–water partition coefficient (Wildman–Crippen LogP) is 3.02. The van der Waals surface area contributed by atoms with E-state index in [4.69, 9.17) is 4.74 Å². The molecule has 132 valence electrons. The number of carbonyl (C=O) groups is 1. The number of benzene rings is 1. The van der Waals surface area contributed by atoms with Gasteiger partial charge in [-0.2, -0.15) is 0 Å². The van der Waals surface area contributed by atoms with E-state index in [0.29, 0.717) is 5.92 Å². The summed E-state index contributed by atoms with van der Waals surface area (Å²) < 4.78 is 7.74. The van der Waals surface area contributed by atoms with Gasteiger partial charge in [0.2, 0.25) is 0 Å². The maximum absolute atomic E-state index is 12.5. The lowest BCUT2D eigenvalue weighted by atomic mass is 9.57. The van der Waals surface area contributed by atoms with Crippen LogP contribution in [0.5, 0.6) is 0 Å². The van der Waals surface area contributed by atoms with Crippen LogP contribution in [-0.2, 0) is 11.8 Å². The van der Waals surface area contributed by atoms with Crippen molar-refractivity contribution in [2.24, 2.45) is 18.4 Å². The lowest BCUT2D eigenvalue weighted by molar-refractivity contribution is -0.107. The van der Waals surface area contributed by atoms with Crippen LogP contribution in [-0.4, -0.2) is 34.3 Å². The molecule has 6 heteroatoms. The second-order valence-electron chi connectivity index (χ2n) is 7.58. The zero-order valence-electron chi connectivity index (χ0n) is 14.8. The van der Waals surface area contributed by atoms with Gasteiger partial charge >= 0.3 is 6.03 Å². The van der Waals surface area contributed by atoms with E-state index in [1.54, 1.807) is 6.20 Å². The number of aromatic nitrogens is 2. The number of fused-ring (bicyclic) bond motifs is 1. The fraction of sp³-hybridized carbons (Fsp3) is 0.474. The van der Waals surface area contributed by atoms with Crippen molar-refractivity contribution >= 4 is 11.7 Å². The lowest BCUT2D eigenvalue weighted by Crippen LogP contribution is -2.67. The lowest BCUT2D eigenvalue weighted by Gasteiger charge is -2.54. The number of amides is 2. The van der Waals surface area contributed by atoms with Crippen molar-refractivity contribution < 1.29 is 9.53 Å². The standard InChI is InChI=1S/C19H24N4O2/c1-19(2)15(14-7-10-25-16(14)19)22-18(24)21-13-6-4-5-12(11-13)17-20-8-9-23(17)3/h4-6,8-9,11,14-16H,7,10H2,1-3H3,(H2,21,22,24)/t14-,15-,16-/m1/s1. The highest BCUT2D eigenvalue weighted by Crippen LogP contribution is 2.52. The fourth-order valence-electron chi connectivity index (χ4n) is 4.31. The molecule has 1 aliphatic heterocycles. The van der Waals surface area contributed by atoms with Crippen LogP contribution in [0, 0.1) is 11.3 Å². The number of hydrogen-bond donors (Lipinski definition) is 2. The molecule has 1 aromatic heterocycles. The second kappa shape index (κ2) is 5.88. The van der Waals surface area contributed by atoms with Crippen LogP contribution in [0.25, 0.3) is 11.4 Å². The molecule has 6 nitrogen and oxygen atoms in total. The average molecular weight is 340 g/mol. The van der Waals surface area contributed by atoms with Crippen LogP contribution in [0.15, 0.2) is 36.7 Å². The second-order valence-corrected chi connectivity index (χ2v) is 7.58. The number of ether oxygens (including phenoxy) is 1. The van der Waals surface area contributed by atoms with Gasteiger partial charge in [-0.25, -0.2) is 9.78 Å². The molecule has 2 fully saturated rings. The van der Waals surface area contributed by atoms with Crippen LogP contribution in [0.4, 0.5) is 10.5 Å². The van der Waals surface area contributed by atoms with Gasteiger partial charge in [0.05, 0.1) is 6.10 Å². The summed E-state index contributed by atoms with van der Waals surface area (Å²) in [5, 5.41) is 6.09. The maximum atomic E-state index is 12.5. The number of rotatable bonds is 3. The summed E-state index contributed by atoms with van der Waals surface area (Å²) in [7, 11) is 1.95. The van der Waals surface area contributed by atoms with E-state index in [0.717, 1.165) is 30.1 Å². The number of anilines is 1. The van der Waals surface area contributed by atoms with E-state index in [9.17, 15) is 4.79 Å². The molecule has 25 heavy (non-hydrogen) atoms. The Morgan fingerprint density at radius 1 is 1.40 bits per heavy atom. The fourth-order valence-corrected chi connectivity index (χ4v) is 4.31. The topological polar surface area (TPSA) is 68.2 Å². The largest absolute Gasteiger partial charge is 0.377 e. The molecule has 1 saturated heterocycles. The molecule has 2 aliphatic rings. The minimum Gasteiger partial charge on any atom is -0.377 e. The number of nitrogens with one attached hydrogen (secondary N) is 2. The van der Waals surface area contributed by atoms with E-state index >= 15 is 0 Å². The SMILES string of the molecule is Cn1ccnc1-c1cccc(NC(=O)N[C@@H]2[C@H]3CCO[C@H]3C2(C)C)c1. The molecule has 2 N–H and O–H groups in total. The van der Waals surface area contributed by atoms with Gasteiger partial charge in [-0.3, -0.25) is 0 Å². The van der Waals surface area contributed by atoms with Crippen LogP contribution >= 0.6 is 0 Å². The van der Waals surface area contributed by atoms with Crippen molar-refractivity contribution in [3.05, 3.63) is 36.7 Å². The molecule has 4 rings (SSSR count). The van der Waals surface area contributed by atoms with E-state index in [2.05, 4.69) is 29.5 Å². The van der Waals surface area contributed by atoms with Gasteiger partial charge in [-0.05, 0) is 18.6 Å². The quantitative estimate of drug-likeness (QED) is 0.902. The molecule has 1 aliphatic carbocycles. The Morgan fingerprint density at radius 3 is 3.00 bits per heavy atom. The third-order valence-corrected chi connectivity index (χ3v) is 5.59. The summed E-state index contributed by atoms with van der Waals surface area (Å²) >= 11 is 0. The molecule has 2 heterocycles. The molecular formula is C19H24N4O2. The summed E-state index contributed by atoms with van der Waals surface area (Å²) in [6.45, 7) is 5.11. The van der Waals surface area contributed by atoms with Crippen molar-refractivity contribution in [2.75, 3.05) is 11.9 Å². The molecule has 3 atom stereocenters. The van der Waals surface area contributed by atoms with Crippen molar-refractivity contribution in [1.29, 1.82) is 0 Å². The summed E-state index contributed by atoms with van der Waals surface area (Å²) in [4.78, 5) is 16.8. The predicted molar refractivity (Wildman–Crippen MR) is 96.2 cm³/mol. The molecule has 1 saturated carbocycles. The normalized spacial score (nSPS) is 26.6. The van der Waals surface area contributed by atoms with E-state index in [1.807, 2.05) is 42.1 Å².